The first-order valence-corrected chi connectivity index (χ1v) is 9.59. The van der Waals surface area contributed by atoms with Crippen LogP contribution >= 0.6 is 0 Å². The summed E-state index contributed by atoms with van der Waals surface area (Å²) >= 11 is 0. The van der Waals surface area contributed by atoms with Gasteiger partial charge in [0.05, 0.1) is 12.2 Å². The van der Waals surface area contributed by atoms with E-state index in [1.165, 1.54) is 0 Å². The summed E-state index contributed by atoms with van der Waals surface area (Å²) in [6, 6.07) is 17.1. The van der Waals surface area contributed by atoms with Gasteiger partial charge in [-0.25, -0.2) is 9.59 Å². The molecular weight excluding hydrogens is 356 g/mol. The van der Waals surface area contributed by atoms with Crippen molar-refractivity contribution in [2.24, 2.45) is 5.92 Å². The molecule has 0 aliphatic rings. The SMILES string of the molecule is CCCC(OC(=O)c1ccccc1)C(CC)COC(=O)C(=O)c1ccccc1. The summed E-state index contributed by atoms with van der Waals surface area (Å²) in [7, 11) is 0. The smallest absolute Gasteiger partial charge is 0.379 e. The maximum Gasteiger partial charge on any atom is 0.379 e. The highest BCUT2D eigenvalue weighted by Gasteiger charge is 2.27. The van der Waals surface area contributed by atoms with Crippen molar-refractivity contribution in [1.82, 2.24) is 0 Å². The zero-order valence-corrected chi connectivity index (χ0v) is 16.3. The second-order valence-electron chi connectivity index (χ2n) is 6.56. The van der Waals surface area contributed by atoms with Gasteiger partial charge >= 0.3 is 11.9 Å². The molecule has 2 atom stereocenters. The van der Waals surface area contributed by atoms with Crippen molar-refractivity contribution in [3.8, 4) is 0 Å². The molecule has 0 spiro atoms. The first-order valence-electron chi connectivity index (χ1n) is 9.59. The van der Waals surface area contributed by atoms with Crippen LogP contribution in [0.2, 0.25) is 0 Å². The maximum absolute atomic E-state index is 12.4. The molecule has 0 radical (unpaired) electrons. The van der Waals surface area contributed by atoms with Crippen molar-refractivity contribution >= 4 is 17.7 Å². The van der Waals surface area contributed by atoms with Crippen LogP contribution in [0.3, 0.4) is 0 Å². The molecule has 5 heteroatoms. The number of carbonyl (C=O) groups excluding carboxylic acids is 3. The van der Waals surface area contributed by atoms with Crippen molar-refractivity contribution in [3.63, 3.8) is 0 Å². The van der Waals surface area contributed by atoms with Gasteiger partial charge in [-0.2, -0.15) is 0 Å². The lowest BCUT2D eigenvalue weighted by molar-refractivity contribution is -0.140. The Morgan fingerprint density at radius 2 is 1.43 bits per heavy atom. The van der Waals surface area contributed by atoms with E-state index in [1.807, 2.05) is 19.9 Å². The summed E-state index contributed by atoms with van der Waals surface area (Å²) in [4.78, 5) is 36.7. The molecule has 28 heavy (non-hydrogen) atoms. The minimum Gasteiger partial charge on any atom is -0.459 e. The van der Waals surface area contributed by atoms with E-state index in [0.29, 0.717) is 24.0 Å². The molecule has 0 fully saturated rings. The molecule has 0 amide bonds. The maximum atomic E-state index is 12.4. The number of benzene rings is 2. The van der Waals surface area contributed by atoms with E-state index in [1.54, 1.807) is 54.6 Å². The summed E-state index contributed by atoms with van der Waals surface area (Å²) in [5.41, 5.74) is 0.774. The molecule has 0 saturated carbocycles. The Morgan fingerprint density at radius 1 is 0.857 bits per heavy atom. The normalized spacial score (nSPS) is 12.6. The number of esters is 2. The largest absolute Gasteiger partial charge is 0.459 e. The van der Waals surface area contributed by atoms with Crippen LogP contribution in [0.25, 0.3) is 0 Å². The third-order valence-electron chi connectivity index (χ3n) is 4.54. The fourth-order valence-corrected chi connectivity index (χ4v) is 2.90. The molecule has 2 aromatic carbocycles. The van der Waals surface area contributed by atoms with Crippen LogP contribution < -0.4 is 0 Å². The van der Waals surface area contributed by atoms with Gasteiger partial charge in [0.15, 0.2) is 0 Å². The average molecular weight is 382 g/mol. The molecule has 0 saturated heterocycles. The highest BCUT2D eigenvalue weighted by molar-refractivity contribution is 6.40. The predicted molar refractivity (Wildman–Crippen MR) is 106 cm³/mol. The third-order valence-corrected chi connectivity index (χ3v) is 4.54. The lowest BCUT2D eigenvalue weighted by Crippen LogP contribution is -2.32. The van der Waals surface area contributed by atoms with Crippen molar-refractivity contribution in [2.45, 2.75) is 39.2 Å². The highest BCUT2D eigenvalue weighted by atomic mass is 16.6. The van der Waals surface area contributed by atoms with Gasteiger partial charge in [-0.1, -0.05) is 68.8 Å². The Hall–Kier alpha value is -2.95. The number of hydrogen-bond acceptors (Lipinski definition) is 5. The van der Waals surface area contributed by atoms with E-state index in [2.05, 4.69) is 0 Å². The van der Waals surface area contributed by atoms with Crippen LogP contribution in [0.5, 0.6) is 0 Å². The second-order valence-corrected chi connectivity index (χ2v) is 6.56. The Labute approximate surface area is 165 Å². The number of Topliss-reactive ketones (excluding diaryl/α,β-unsaturated/α-hetero) is 1. The summed E-state index contributed by atoms with van der Waals surface area (Å²) in [5.74, 6) is -2.15. The average Bonchev–Trinajstić information content (AvgIpc) is 2.74. The summed E-state index contributed by atoms with van der Waals surface area (Å²) in [6.45, 7) is 3.97. The first-order chi connectivity index (χ1) is 13.6. The fourth-order valence-electron chi connectivity index (χ4n) is 2.90. The zero-order chi connectivity index (χ0) is 20.4. The number of hydrogen-bond donors (Lipinski definition) is 0. The molecule has 0 N–H and O–H groups in total. The van der Waals surface area contributed by atoms with Crippen LogP contribution in [0.1, 0.15) is 53.8 Å². The molecular formula is C23H26O5. The van der Waals surface area contributed by atoms with Gasteiger partial charge in [0.25, 0.3) is 5.78 Å². The van der Waals surface area contributed by atoms with Gasteiger partial charge in [0.2, 0.25) is 0 Å². The number of carbonyl (C=O) groups is 3. The third kappa shape index (κ3) is 6.05. The second kappa shape index (κ2) is 11.0. The standard InChI is InChI=1S/C23H26O5/c1-3-11-20(28-22(25)19-14-9-6-10-15-19)17(4-2)16-27-23(26)21(24)18-12-7-5-8-13-18/h5-10,12-15,17,20H,3-4,11,16H2,1-2H3. The quantitative estimate of drug-likeness (QED) is 0.345. The monoisotopic (exact) mass is 382 g/mol. The van der Waals surface area contributed by atoms with Crippen LogP contribution in [-0.2, 0) is 14.3 Å². The molecule has 5 nitrogen and oxygen atoms in total. The van der Waals surface area contributed by atoms with Crippen molar-refractivity contribution in [3.05, 3.63) is 71.8 Å². The number of ether oxygens (including phenoxy) is 2. The van der Waals surface area contributed by atoms with E-state index in [9.17, 15) is 14.4 Å². The van der Waals surface area contributed by atoms with Gasteiger partial charge in [-0.15, -0.1) is 0 Å². The molecule has 2 aromatic rings. The van der Waals surface area contributed by atoms with Crippen LogP contribution in [0.15, 0.2) is 60.7 Å². The molecule has 0 aliphatic heterocycles. The Balaban J connectivity index is 1.98. The molecule has 2 unspecified atom stereocenters. The lowest BCUT2D eigenvalue weighted by atomic mass is 9.96. The summed E-state index contributed by atoms with van der Waals surface area (Å²) < 4.78 is 10.9. The fraction of sp³-hybridized carbons (Fsp3) is 0.348. The number of rotatable bonds is 10. The zero-order valence-electron chi connectivity index (χ0n) is 16.3. The molecule has 0 heterocycles. The highest BCUT2D eigenvalue weighted by Crippen LogP contribution is 2.20. The van der Waals surface area contributed by atoms with Gasteiger partial charge < -0.3 is 9.47 Å². The topological polar surface area (TPSA) is 69.7 Å². The van der Waals surface area contributed by atoms with E-state index in [0.717, 1.165) is 6.42 Å². The van der Waals surface area contributed by atoms with Crippen LogP contribution in [0, 0.1) is 5.92 Å². The molecule has 0 bridgehead atoms. The van der Waals surface area contributed by atoms with Crippen LogP contribution in [-0.4, -0.2) is 30.4 Å². The number of ketones is 1. The van der Waals surface area contributed by atoms with Crippen molar-refractivity contribution in [1.29, 1.82) is 0 Å². The minimum atomic E-state index is -0.894. The van der Waals surface area contributed by atoms with Gasteiger partial charge in [-0.05, 0) is 25.0 Å². The van der Waals surface area contributed by atoms with E-state index in [-0.39, 0.29) is 18.6 Å². The first kappa shape index (κ1) is 21.4. The molecule has 0 aliphatic carbocycles. The Kier molecular flexibility index (Phi) is 8.40. The van der Waals surface area contributed by atoms with E-state index in [4.69, 9.17) is 9.47 Å². The molecule has 2 rings (SSSR count). The van der Waals surface area contributed by atoms with Gasteiger partial charge in [0, 0.05) is 11.5 Å². The van der Waals surface area contributed by atoms with E-state index >= 15 is 0 Å². The van der Waals surface area contributed by atoms with Crippen molar-refractivity contribution < 1.29 is 23.9 Å². The van der Waals surface area contributed by atoms with Crippen LogP contribution in [0.4, 0.5) is 0 Å². The minimum absolute atomic E-state index is 0.0284. The molecule has 0 aromatic heterocycles. The van der Waals surface area contributed by atoms with Gasteiger partial charge in [0.1, 0.15) is 6.10 Å². The predicted octanol–water partition coefficient (Wildman–Crippen LogP) is 4.46. The van der Waals surface area contributed by atoms with E-state index < -0.39 is 17.7 Å². The summed E-state index contributed by atoms with van der Waals surface area (Å²) in [5, 5.41) is 0. The van der Waals surface area contributed by atoms with Crippen molar-refractivity contribution in [2.75, 3.05) is 6.61 Å². The van der Waals surface area contributed by atoms with Gasteiger partial charge in [-0.3, -0.25) is 4.79 Å². The lowest BCUT2D eigenvalue weighted by Gasteiger charge is -2.25. The summed E-state index contributed by atoms with van der Waals surface area (Å²) in [6.07, 6.45) is 1.74. The Bertz CT molecular complexity index is 770. The molecule has 148 valence electrons. The Morgan fingerprint density at radius 3 is 1.96 bits per heavy atom.